The topological polar surface area (TPSA) is 94.2 Å². The average molecular weight is 478 g/mol. The second kappa shape index (κ2) is 10.4. The van der Waals surface area contributed by atoms with Gasteiger partial charge in [0.2, 0.25) is 0 Å². The van der Waals surface area contributed by atoms with Gasteiger partial charge in [0.1, 0.15) is 12.4 Å². The third-order valence-electron chi connectivity index (χ3n) is 5.46. The number of rotatable bonds is 9. The summed E-state index contributed by atoms with van der Waals surface area (Å²) in [5.41, 5.74) is 1.64. The van der Waals surface area contributed by atoms with Crippen LogP contribution in [0.5, 0.6) is 11.5 Å². The number of carbonyl (C=O) groups excluding carboxylic acids is 3. The van der Waals surface area contributed by atoms with Crippen molar-refractivity contribution in [1.82, 2.24) is 4.90 Å². The van der Waals surface area contributed by atoms with Crippen molar-refractivity contribution in [2.75, 3.05) is 32.8 Å². The van der Waals surface area contributed by atoms with Gasteiger partial charge in [-0.25, -0.2) is 4.39 Å². The smallest absolute Gasteiger partial charge is 0.261 e. The molecule has 0 fully saturated rings. The predicted molar refractivity (Wildman–Crippen MR) is 125 cm³/mol. The Kier molecular flexibility index (Phi) is 7.07. The van der Waals surface area contributed by atoms with Crippen LogP contribution in [0.2, 0.25) is 0 Å². The summed E-state index contributed by atoms with van der Waals surface area (Å²) in [4.78, 5) is 39.5. The molecule has 0 aliphatic carbocycles. The number of hydrogen-bond donors (Lipinski definition) is 1. The van der Waals surface area contributed by atoms with Gasteiger partial charge in [0.05, 0.1) is 37.0 Å². The van der Waals surface area contributed by atoms with Crippen LogP contribution in [-0.2, 0) is 11.3 Å². The van der Waals surface area contributed by atoms with Gasteiger partial charge in [0, 0.05) is 18.9 Å². The van der Waals surface area contributed by atoms with Crippen LogP contribution >= 0.6 is 0 Å². The highest BCUT2D eigenvalue weighted by Crippen LogP contribution is 2.27. The minimum absolute atomic E-state index is 0.0151. The summed E-state index contributed by atoms with van der Waals surface area (Å²) < 4.78 is 29.8. The number of nitrogens with zero attached hydrogens (tertiary/aromatic N) is 1. The third kappa shape index (κ3) is 4.99. The molecule has 180 valence electrons. The van der Waals surface area contributed by atoms with Crippen molar-refractivity contribution in [2.24, 2.45) is 0 Å². The summed E-state index contributed by atoms with van der Waals surface area (Å²) in [6, 6.07) is 15.5. The van der Waals surface area contributed by atoms with Crippen molar-refractivity contribution in [2.45, 2.75) is 6.54 Å². The van der Waals surface area contributed by atoms with E-state index in [0.29, 0.717) is 23.3 Å². The first-order valence-corrected chi connectivity index (χ1v) is 10.8. The molecule has 1 heterocycles. The van der Waals surface area contributed by atoms with Crippen molar-refractivity contribution in [3.63, 3.8) is 0 Å². The highest BCUT2D eigenvalue weighted by molar-refractivity contribution is 6.21. The number of benzene rings is 3. The van der Waals surface area contributed by atoms with Crippen LogP contribution < -0.4 is 14.8 Å². The molecule has 0 aromatic heterocycles. The number of anilines is 1. The Morgan fingerprint density at radius 3 is 2.23 bits per heavy atom. The van der Waals surface area contributed by atoms with E-state index in [2.05, 4.69) is 5.32 Å². The van der Waals surface area contributed by atoms with Crippen LogP contribution in [0.25, 0.3) is 0 Å². The summed E-state index contributed by atoms with van der Waals surface area (Å²) in [5, 5.41) is 2.63. The van der Waals surface area contributed by atoms with E-state index in [-0.39, 0.29) is 35.9 Å². The van der Waals surface area contributed by atoms with Crippen LogP contribution in [0.1, 0.15) is 36.6 Å². The molecule has 1 N–H and O–H groups in total. The van der Waals surface area contributed by atoms with Crippen LogP contribution in [0, 0.1) is 5.82 Å². The highest BCUT2D eigenvalue weighted by atomic mass is 19.1. The van der Waals surface area contributed by atoms with Crippen molar-refractivity contribution in [3.05, 3.63) is 88.7 Å². The van der Waals surface area contributed by atoms with Crippen molar-refractivity contribution in [3.8, 4) is 11.5 Å². The van der Waals surface area contributed by atoms with E-state index in [9.17, 15) is 18.8 Å². The Hall–Kier alpha value is -4.24. The maximum Gasteiger partial charge on any atom is 0.261 e. The van der Waals surface area contributed by atoms with Gasteiger partial charge in [0.15, 0.2) is 11.6 Å². The summed E-state index contributed by atoms with van der Waals surface area (Å²) >= 11 is 0. The zero-order valence-corrected chi connectivity index (χ0v) is 19.2. The molecule has 3 aromatic rings. The Balaban J connectivity index is 1.51. The number of hydrogen-bond acceptors (Lipinski definition) is 6. The largest absolute Gasteiger partial charge is 0.496 e. The number of halogens is 1. The Morgan fingerprint density at radius 1 is 0.914 bits per heavy atom. The standard InChI is InChI=1S/C26H23FN2O6/c1-33-11-12-35-23-10-8-17(14-21(23)27)28-24(30)20-13-16(7-9-22(20)34-2)15-29-25(31)18-5-3-4-6-19(18)26(29)32/h3-10,13-14H,11-12,15H2,1-2H3,(H,28,30). The van der Waals surface area contributed by atoms with Crippen LogP contribution in [0.4, 0.5) is 10.1 Å². The van der Waals surface area contributed by atoms with Gasteiger partial charge in [0.25, 0.3) is 17.7 Å². The molecule has 9 heteroatoms. The van der Waals surface area contributed by atoms with E-state index in [0.717, 1.165) is 11.0 Å². The second-order valence-corrected chi connectivity index (χ2v) is 7.72. The van der Waals surface area contributed by atoms with E-state index in [4.69, 9.17) is 14.2 Å². The van der Waals surface area contributed by atoms with E-state index in [1.54, 1.807) is 36.4 Å². The lowest BCUT2D eigenvalue weighted by Gasteiger charge is -2.16. The number of fused-ring (bicyclic) bond motifs is 1. The highest BCUT2D eigenvalue weighted by Gasteiger charge is 2.35. The minimum atomic E-state index is -0.634. The van der Waals surface area contributed by atoms with Crippen molar-refractivity contribution < 1.29 is 33.0 Å². The molecule has 0 saturated carbocycles. The van der Waals surface area contributed by atoms with Crippen LogP contribution in [0.3, 0.4) is 0 Å². The molecule has 0 radical (unpaired) electrons. The van der Waals surface area contributed by atoms with E-state index in [1.165, 1.54) is 32.4 Å². The number of nitrogens with one attached hydrogen (secondary N) is 1. The summed E-state index contributed by atoms with van der Waals surface area (Å²) in [5.74, 6) is -1.63. The molecule has 3 amide bonds. The predicted octanol–water partition coefficient (Wildman–Crippen LogP) is 3.91. The van der Waals surface area contributed by atoms with Gasteiger partial charge in [-0.15, -0.1) is 0 Å². The zero-order valence-electron chi connectivity index (χ0n) is 19.2. The van der Waals surface area contributed by atoms with E-state index < -0.39 is 23.5 Å². The number of methoxy groups -OCH3 is 2. The first-order chi connectivity index (χ1) is 16.9. The van der Waals surface area contributed by atoms with Gasteiger partial charge in [-0.1, -0.05) is 18.2 Å². The number of imide groups is 1. The van der Waals surface area contributed by atoms with Gasteiger partial charge in [-0.2, -0.15) is 0 Å². The minimum Gasteiger partial charge on any atom is -0.496 e. The lowest BCUT2D eigenvalue weighted by molar-refractivity contribution is 0.0642. The van der Waals surface area contributed by atoms with Gasteiger partial charge in [-0.05, 0) is 42.0 Å². The van der Waals surface area contributed by atoms with E-state index in [1.807, 2.05) is 0 Å². The summed E-state index contributed by atoms with van der Waals surface area (Å²) in [6.45, 7) is 0.490. The number of carbonyl (C=O) groups is 3. The van der Waals surface area contributed by atoms with E-state index >= 15 is 0 Å². The molecular formula is C26H23FN2O6. The molecule has 4 rings (SSSR count). The fourth-order valence-electron chi connectivity index (χ4n) is 3.73. The fraction of sp³-hybridized carbons (Fsp3) is 0.192. The monoisotopic (exact) mass is 478 g/mol. The molecule has 3 aromatic carbocycles. The number of amides is 3. The molecule has 35 heavy (non-hydrogen) atoms. The maximum absolute atomic E-state index is 14.3. The maximum atomic E-state index is 14.3. The average Bonchev–Trinajstić information content (AvgIpc) is 3.10. The lowest BCUT2D eigenvalue weighted by atomic mass is 10.1. The first kappa shape index (κ1) is 23.9. The molecule has 1 aliphatic rings. The molecular weight excluding hydrogens is 455 g/mol. The SMILES string of the molecule is COCCOc1ccc(NC(=O)c2cc(CN3C(=O)c4ccccc4C3=O)ccc2OC)cc1F. The quantitative estimate of drug-likeness (QED) is 0.370. The van der Waals surface area contributed by atoms with Crippen LogP contribution in [0.15, 0.2) is 60.7 Å². The molecule has 0 spiro atoms. The van der Waals surface area contributed by atoms with Gasteiger partial charge < -0.3 is 19.5 Å². The molecule has 8 nitrogen and oxygen atoms in total. The van der Waals surface area contributed by atoms with Crippen molar-refractivity contribution >= 4 is 23.4 Å². The molecule has 0 unspecified atom stereocenters. The molecule has 0 saturated heterocycles. The number of ether oxygens (including phenoxy) is 3. The zero-order chi connectivity index (χ0) is 24.9. The fourth-order valence-corrected chi connectivity index (χ4v) is 3.73. The first-order valence-electron chi connectivity index (χ1n) is 10.8. The molecule has 1 aliphatic heterocycles. The Labute approximate surface area is 201 Å². The molecule has 0 bridgehead atoms. The second-order valence-electron chi connectivity index (χ2n) is 7.72. The normalized spacial score (nSPS) is 12.5. The lowest BCUT2D eigenvalue weighted by Crippen LogP contribution is -2.29. The Bertz CT molecular complexity index is 1260. The van der Waals surface area contributed by atoms with Crippen LogP contribution in [-0.4, -0.2) is 50.1 Å². The van der Waals surface area contributed by atoms with Crippen molar-refractivity contribution in [1.29, 1.82) is 0 Å². The Morgan fingerprint density at radius 2 is 1.60 bits per heavy atom. The molecule has 0 atom stereocenters. The van der Waals surface area contributed by atoms with Gasteiger partial charge in [-0.3, -0.25) is 19.3 Å². The summed E-state index contributed by atoms with van der Waals surface area (Å²) in [6.07, 6.45) is 0. The summed E-state index contributed by atoms with van der Waals surface area (Å²) in [7, 11) is 2.93. The van der Waals surface area contributed by atoms with Gasteiger partial charge >= 0.3 is 0 Å². The third-order valence-corrected chi connectivity index (χ3v) is 5.46.